The number of nitrogens with one attached hydrogen (secondary N) is 1. The quantitative estimate of drug-likeness (QED) is 0.690. The van der Waals surface area contributed by atoms with Crippen molar-refractivity contribution < 1.29 is 17.9 Å². The molecule has 1 atom stereocenters. The molecule has 0 amide bonds. The van der Waals surface area contributed by atoms with E-state index in [9.17, 15) is 13.2 Å². The average molecular weight is 314 g/mol. The number of rotatable bonds is 3. The van der Waals surface area contributed by atoms with Gasteiger partial charge in [-0.25, -0.2) is 13.2 Å². The number of benzene rings is 1. The number of imidazole rings is 1. The third kappa shape index (κ3) is 2.36. The van der Waals surface area contributed by atoms with Crippen LogP contribution in [0.2, 0.25) is 0 Å². The van der Waals surface area contributed by atoms with Crippen LogP contribution >= 0.6 is 12.2 Å². The number of hydrogen-bond donors (Lipinski definition) is 1. The number of hydrogen-bond acceptors (Lipinski definition) is 5. The molecule has 0 radical (unpaired) electrons. The van der Waals surface area contributed by atoms with E-state index in [0.717, 1.165) is 6.26 Å². The minimum atomic E-state index is -3.39. The molecule has 0 saturated heterocycles. The lowest BCUT2D eigenvalue weighted by molar-refractivity contribution is -0.143. The van der Waals surface area contributed by atoms with Gasteiger partial charge in [-0.1, -0.05) is 6.07 Å². The van der Waals surface area contributed by atoms with Gasteiger partial charge in [0.2, 0.25) is 0 Å². The molecule has 0 saturated carbocycles. The molecule has 6 nitrogen and oxygen atoms in total. The molecule has 2 aromatic rings. The van der Waals surface area contributed by atoms with Gasteiger partial charge in [-0.2, -0.15) is 0 Å². The van der Waals surface area contributed by atoms with E-state index in [4.69, 9.17) is 17.0 Å². The Morgan fingerprint density at radius 1 is 1.45 bits per heavy atom. The molecule has 0 spiro atoms. The second kappa shape index (κ2) is 5.02. The zero-order valence-corrected chi connectivity index (χ0v) is 12.8. The summed E-state index contributed by atoms with van der Waals surface area (Å²) in [6, 6.07) is 4.17. The van der Waals surface area contributed by atoms with Gasteiger partial charge in [0.1, 0.15) is 6.04 Å². The smallest absolute Gasteiger partial charge is 0.328 e. The number of aromatic amines is 1. The Kier molecular flexibility index (Phi) is 3.70. The van der Waals surface area contributed by atoms with E-state index in [0.29, 0.717) is 11.0 Å². The topological polar surface area (TPSA) is 81.2 Å². The van der Waals surface area contributed by atoms with E-state index in [-0.39, 0.29) is 9.67 Å². The number of ether oxygens (including phenoxy) is 1. The molecule has 1 aromatic heterocycles. The molecule has 1 N–H and O–H groups in total. The number of carbonyl (C=O) groups is 1. The van der Waals surface area contributed by atoms with Gasteiger partial charge in [0.15, 0.2) is 14.6 Å². The largest absolute Gasteiger partial charge is 0.467 e. The number of sulfone groups is 1. The molecule has 0 aliphatic heterocycles. The molecule has 8 heteroatoms. The van der Waals surface area contributed by atoms with Crippen LogP contribution < -0.4 is 0 Å². The molecule has 20 heavy (non-hydrogen) atoms. The van der Waals surface area contributed by atoms with Crippen LogP contribution in [-0.4, -0.2) is 37.3 Å². The van der Waals surface area contributed by atoms with E-state index in [1.54, 1.807) is 23.6 Å². The maximum Gasteiger partial charge on any atom is 0.328 e. The highest BCUT2D eigenvalue weighted by Gasteiger charge is 2.21. The van der Waals surface area contributed by atoms with Gasteiger partial charge in [-0.15, -0.1) is 0 Å². The standard InChI is InChI=1S/C12H14N2O4S2/c1-7(11(15)18-2)14-8-5-4-6-9(20(3,16)17)10(8)13-12(14)19/h4-7H,1-3H3,(H,13,19). The fraction of sp³-hybridized carbons (Fsp3) is 0.333. The monoisotopic (exact) mass is 314 g/mol. The van der Waals surface area contributed by atoms with Crippen LogP contribution in [0.4, 0.5) is 0 Å². The van der Waals surface area contributed by atoms with Crippen molar-refractivity contribution in [1.82, 2.24) is 9.55 Å². The molecule has 0 aliphatic carbocycles. The number of fused-ring (bicyclic) bond motifs is 1. The first-order chi connectivity index (χ1) is 9.27. The Morgan fingerprint density at radius 3 is 2.65 bits per heavy atom. The first kappa shape index (κ1) is 14.7. The normalized spacial score (nSPS) is 13.3. The van der Waals surface area contributed by atoms with E-state index >= 15 is 0 Å². The Balaban J connectivity index is 2.81. The van der Waals surface area contributed by atoms with Crippen LogP contribution in [-0.2, 0) is 19.4 Å². The van der Waals surface area contributed by atoms with Crippen LogP contribution in [0.3, 0.4) is 0 Å². The van der Waals surface area contributed by atoms with E-state index in [1.807, 2.05) is 0 Å². The Labute approximate surface area is 121 Å². The lowest BCUT2D eigenvalue weighted by Gasteiger charge is -2.12. The van der Waals surface area contributed by atoms with Crippen molar-refractivity contribution in [3.8, 4) is 0 Å². The number of carbonyl (C=O) groups excluding carboxylic acids is 1. The SMILES string of the molecule is COC(=O)C(C)n1c(=S)[nH]c2c(S(C)(=O)=O)cccc21. The second-order valence-electron chi connectivity index (χ2n) is 4.42. The fourth-order valence-corrected chi connectivity index (χ4v) is 3.30. The molecular weight excluding hydrogens is 300 g/mol. The third-order valence-electron chi connectivity index (χ3n) is 3.04. The summed E-state index contributed by atoms with van der Waals surface area (Å²) < 4.78 is 30.1. The average Bonchev–Trinajstić information content (AvgIpc) is 2.71. The summed E-state index contributed by atoms with van der Waals surface area (Å²) in [6.45, 7) is 1.64. The van der Waals surface area contributed by atoms with Gasteiger partial charge in [-0.05, 0) is 31.3 Å². The summed E-state index contributed by atoms with van der Waals surface area (Å²) in [6.07, 6.45) is 1.12. The molecule has 108 valence electrons. The Morgan fingerprint density at radius 2 is 2.10 bits per heavy atom. The minimum absolute atomic E-state index is 0.150. The molecule has 1 unspecified atom stereocenters. The van der Waals surface area contributed by atoms with Gasteiger partial charge in [0.25, 0.3) is 0 Å². The maximum atomic E-state index is 11.8. The number of methoxy groups -OCH3 is 1. The van der Waals surface area contributed by atoms with Crippen molar-refractivity contribution in [3.05, 3.63) is 23.0 Å². The summed E-state index contributed by atoms with van der Waals surface area (Å²) in [7, 11) is -2.10. The molecular formula is C12H14N2O4S2. The van der Waals surface area contributed by atoms with Gasteiger partial charge >= 0.3 is 5.97 Å². The highest BCUT2D eigenvalue weighted by Crippen LogP contribution is 2.25. The van der Waals surface area contributed by atoms with Crippen molar-refractivity contribution in [1.29, 1.82) is 0 Å². The van der Waals surface area contributed by atoms with Gasteiger partial charge < -0.3 is 14.3 Å². The first-order valence-corrected chi connectivity index (χ1v) is 8.08. The van der Waals surface area contributed by atoms with Crippen LogP contribution in [0, 0.1) is 4.77 Å². The lowest BCUT2D eigenvalue weighted by Crippen LogP contribution is -2.17. The lowest BCUT2D eigenvalue weighted by atomic mass is 10.3. The van der Waals surface area contributed by atoms with Crippen LogP contribution in [0.5, 0.6) is 0 Å². The Bertz CT molecular complexity index is 833. The molecule has 2 rings (SSSR count). The van der Waals surface area contributed by atoms with Crippen molar-refractivity contribution in [2.24, 2.45) is 0 Å². The molecule has 0 aliphatic rings. The molecule has 0 bridgehead atoms. The van der Waals surface area contributed by atoms with E-state index < -0.39 is 21.8 Å². The Hall–Kier alpha value is -1.67. The van der Waals surface area contributed by atoms with Crippen LogP contribution in [0.25, 0.3) is 11.0 Å². The van der Waals surface area contributed by atoms with Gasteiger partial charge in [-0.3, -0.25) is 0 Å². The second-order valence-corrected chi connectivity index (χ2v) is 6.79. The summed E-state index contributed by atoms with van der Waals surface area (Å²) in [5.74, 6) is -0.452. The minimum Gasteiger partial charge on any atom is -0.467 e. The summed E-state index contributed by atoms with van der Waals surface area (Å²) in [4.78, 5) is 14.7. The van der Waals surface area contributed by atoms with Crippen molar-refractivity contribution in [2.45, 2.75) is 17.9 Å². The number of aromatic nitrogens is 2. The van der Waals surface area contributed by atoms with Crippen molar-refractivity contribution in [3.63, 3.8) is 0 Å². The number of para-hydroxylation sites is 1. The third-order valence-corrected chi connectivity index (χ3v) is 4.48. The predicted molar refractivity (Wildman–Crippen MR) is 77.0 cm³/mol. The number of H-pyrrole nitrogens is 1. The highest BCUT2D eigenvalue weighted by atomic mass is 32.2. The predicted octanol–water partition coefficient (Wildman–Crippen LogP) is 1.84. The molecule has 1 heterocycles. The van der Waals surface area contributed by atoms with Gasteiger partial charge in [0.05, 0.1) is 23.0 Å². The number of esters is 1. The number of nitrogens with zero attached hydrogens (tertiary/aromatic N) is 1. The van der Waals surface area contributed by atoms with Gasteiger partial charge in [0, 0.05) is 6.26 Å². The summed E-state index contributed by atoms with van der Waals surface area (Å²) in [5, 5.41) is 0. The van der Waals surface area contributed by atoms with Crippen LogP contribution in [0.1, 0.15) is 13.0 Å². The fourth-order valence-electron chi connectivity index (χ4n) is 2.09. The highest BCUT2D eigenvalue weighted by molar-refractivity contribution is 7.91. The van der Waals surface area contributed by atoms with Crippen molar-refractivity contribution in [2.75, 3.05) is 13.4 Å². The zero-order valence-electron chi connectivity index (χ0n) is 11.2. The summed E-state index contributed by atoms with van der Waals surface area (Å²) >= 11 is 5.18. The first-order valence-electron chi connectivity index (χ1n) is 5.78. The maximum absolute atomic E-state index is 11.8. The molecule has 1 aromatic carbocycles. The molecule has 0 fully saturated rings. The zero-order chi connectivity index (χ0) is 15.1. The van der Waals surface area contributed by atoms with Crippen molar-refractivity contribution >= 4 is 39.1 Å². The van der Waals surface area contributed by atoms with E-state index in [1.165, 1.54) is 13.2 Å². The summed E-state index contributed by atoms with van der Waals surface area (Å²) in [5.41, 5.74) is 0.951. The van der Waals surface area contributed by atoms with Crippen LogP contribution in [0.15, 0.2) is 23.1 Å². The van der Waals surface area contributed by atoms with E-state index in [2.05, 4.69) is 4.98 Å².